The van der Waals surface area contributed by atoms with Gasteiger partial charge in [0.2, 0.25) is 5.89 Å². The van der Waals surface area contributed by atoms with Crippen molar-refractivity contribution in [3.05, 3.63) is 70.9 Å². The number of hydrogen-bond acceptors (Lipinski definition) is 5. The van der Waals surface area contributed by atoms with E-state index in [2.05, 4.69) is 15.3 Å². The van der Waals surface area contributed by atoms with Gasteiger partial charge in [0, 0.05) is 23.0 Å². The summed E-state index contributed by atoms with van der Waals surface area (Å²) in [5.41, 5.74) is 4.00. The van der Waals surface area contributed by atoms with Crippen LogP contribution in [-0.4, -0.2) is 23.0 Å². The van der Waals surface area contributed by atoms with Crippen molar-refractivity contribution >= 4 is 34.4 Å². The zero-order valence-electron chi connectivity index (χ0n) is 15.2. The lowest BCUT2D eigenvalue weighted by molar-refractivity contribution is 0.102. The average molecular weight is 394 g/mol. The molecule has 0 unspecified atom stereocenters. The van der Waals surface area contributed by atoms with Crippen LogP contribution in [0, 0.1) is 6.92 Å². The van der Waals surface area contributed by atoms with Crippen molar-refractivity contribution in [2.45, 2.75) is 6.92 Å². The maximum Gasteiger partial charge on any atom is 0.255 e. The molecule has 0 bridgehead atoms. The molecular formula is C21H16ClN3O3. The normalized spacial score (nSPS) is 10.8. The highest BCUT2D eigenvalue weighted by molar-refractivity contribution is 6.32. The quantitative estimate of drug-likeness (QED) is 0.521. The minimum absolute atomic E-state index is 0.258. The zero-order chi connectivity index (χ0) is 19.7. The molecule has 140 valence electrons. The number of ether oxygens (including phenoxy) is 1. The Hall–Kier alpha value is -3.38. The van der Waals surface area contributed by atoms with Crippen LogP contribution >= 0.6 is 11.6 Å². The van der Waals surface area contributed by atoms with E-state index in [1.54, 1.807) is 30.5 Å². The number of amides is 1. The summed E-state index contributed by atoms with van der Waals surface area (Å²) < 4.78 is 10.9. The Morgan fingerprint density at radius 1 is 1.18 bits per heavy atom. The number of oxazole rings is 1. The van der Waals surface area contributed by atoms with Gasteiger partial charge in [-0.2, -0.15) is 4.98 Å². The van der Waals surface area contributed by atoms with E-state index in [-0.39, 0.29) is 5.91 Å². The number of pyridine rings is 1. The Bertz CT molecular complexity index is 1150. The van der Waals surface area contributed by atoms with E-state index in [0.29, 0.717) is 39.1 Å². The van der Waals surface area contributed by atoms with Gasteiger partial charge < -0.3 is 14.5 Å². The van der Waals surface area contributed by atoms with Crippen molar-refractivity contribution in [3.8, 4) is 17.2 Å². The molecule has 2 aromatic carbocycles. The first kappa shape index (κ1) is 18.0. The number of hydrogen-bond donors (Lipinski definition) is 1. The molecule has 28 heavy (non-hydrogen) atoms. The third-order valence-electron chi connectivity index (χ3n) is 4.30. The molecule has 0 saturated heterocycles. The van der Waals surface area contributed by atoms with Gasteiger partial charge in [-0.25, -0.2) is 4.98 Å². The van der Waals surface area contributed by atoms with Crippen molar-refractivity contribution in [2.75, 3.05) is 12.4 Å². The van der Waals surface area contributed by atoms with Crippen LogP contribution in [0.15, 0.2) is 59.1 Å². The van der Waals surface area contributed by atoms with E-state index < -0.39 is 0 Å². The molecule has 0 aliphatic heterocycles. The molecule has 4 rings (SSSR count). The molecule has 2 aromatic heterocycles. The van der Waals surface area contributed by atoms with Crippen LogP contribution in [0.1, 0.15) is 15.9 Å². The van der Waals surface area contributed by atoms with Crippen LogP contribution < -0.4 is 10.1 Å². The van der Waals surface area contributed by atoms with Gasteiger partial charge in [0.1, 0.15) is 5.75 Å². The predicted molar refractivity (Wildman–Crippen MR) is 108 cm³/mol. The third kappa shape index (κ3) is 3.42. The van der Waals surface area contributed by atoms with Crippen molar-refractivity contribution < 1.29 is 13.9 Å². The molecule has 0 saturated carbocycles. The minimum atomic E-state index is -0.258. The molecule has 4 aromatic rings. The maximum absolute atomic E-state index is 12.5. The Balaban J connectivity index is 1.57. The number of nitrogens with zero attached hydrogens (tertiary/aromatic N) is 2. The van der Waals surface area contributed by atoms with Gasteiger partial charge >= 0.3 is 0 Å². The minimum Gasteiger partial charge on any atom is -0.495 e. The average Bonchev–Trinajstić information content (AvgIpc) is 3.13. The van der Waals surface area contributed by atoms with Crippen molar-refractivity contribution in [1.29, 1.82) is 0 Å². The van der Waals surface area contributed by atoms with E-state index in [0.717, 1.165) is 11.1 Å². The molecule has 7 heteroatoms. The summed E-state index contributed by atoms with van der Waals surface area (Å²) >= 11 is 6.10. The number of carbonyl (C=O) groups is 1. The molecular weight excluding hydrogens is 378 g/mol. The largest absolute Gasteiger partial charge is 0.495 e. The number of carbonyl (C=O) groups excluding carboxylic acids is 1. The smallest absolute Gasteiger partial charge is 0.255 e. The van der Waals surface area contributed by atoms with Crippen LogP contribution in [0.3, 0.4) is 0 Å². The second-order valence-electron chi connectivity index (χ2n) is 6.18. The number of rotatable bonds is 4. The van der Waals surface area contributed by atoms with E-state index in [4.69, 9.17) is 20.8 Å². The number of benzene rings is 2. The Morgan fingerprint density at radius 2 is 2.04 bits per heavy atom. The van der Waals surface area contributed by atoms with Crippen LogP contribution in [0.4, 0.5) is 5.69 Å². The summed E-state index contributed by atoms with van der Waals surface area (Å²) in [6.07, 6.45) is 1.67. The molecule has 0 spiro atoms. The zero-order valence-corrected chi connectivity index (χ0v) is 15.9. The van der Waals surface area contributed by atoms with Gasteiger partial charge in [-0.3, -0.25) is 4.79 Å². The molecule has 0 fully saturated rings. The number of aromatic nitrogens is 2. The standard InChI is InChI=1S/C21H16ClN3O3/c1-12-10-14(21-25-19-18(28-21)4-3-9-23-19)5-7-16(12)24-20(26)13-6-8-17(27-2)15(22)11-13/h3-11H,1-2H3,(H,24,26). The molecule has 1 amide bonds. The molecule has 0 radical (unpaired) electrons. The number of nitrogens with one attached hydrogen (secondary N) is 1. The molecule has 6 nitrogen and oxygen atoms in total. The number of anilines is 1. The molecule has 0 atom stereocenters. The summed E-state index contributed by atoms with van der Waals surface area (Å²) in [4.78, 5) is 21.1. The van der Waals surface area contributed by atoms with Crippen molar-refractivity contribution in [2.24, 2.45) is 0 Å². The van der Waals surface area contributed by atoms with Gasteiger partial charge in [-0.15, -0.1) is 0 Å². The highest BCUT2D eigenvalue weighted by Crippen LogP contribution is 2.28. The first-order valence-corrected chi connectivity index (χ1v) is 8.90. The first-order valence-electron chi connectivity index (χ1n) is 8.52. The van der Waals surface area contributed by atoms with E-state index >= 15 is 0 Å². The lowest BCUT2D eigenvalue weighted by atomic mass is 10.1. The van der Waals surface area contributed by atoms with Crippen LogP contribution in [0.25, 0.3) is 22.7 Å². The fourth-order valence-electron chi connectivity index (χ4n) is 2.83. The van der Waals surface area contributed by atoms with Gasteiger partial charge in [0.05, 0.1) is 12.1 Å². The third-order valence-corrected chi connectivity index (χ3v) is 4.60. The number of aryl methyl sites for hydroxylation is 1. The number of halogens is 1. The fourth-order valence-corrected chi connectivity index (χ4v) is 3.09. The monoisotopic (exact) mass is 393 g/mol. The molecule has 2 heterocycles. The number of fused-ring (bicyclic) bond motifs is 1. The summed E-state index contributed by atoms with van der Waals surface area (Å²) in [5, 5.41) is 3.28. The van der Waals surface area contributed by atoms with Gasteiger partial charge in [0.15, 0.2) is 11.2 Å². The molecule has 1 N–H and O–H groups in total. The Labute approximate surface area is 166 Å². The topological polar surface area (TPSA) is 77.2 Å². The molecule has 0 aliphatic rings. The Kier molecular flexibility index (Phi) is 4.71. The second-order valence-corrected chi connectivity index (χ2v) is 6.58. The Morgan fingerprint density at radius 3 is 2.75 bits per heavy atom. The lowest BCUT2D eigenvalue weighted by Gasteiger charge is -2.10. The van der Waals surface area contributed by atoms with E-state index in [1.165, 1.54) is 7.11 Å². The van der Waals surface area contributed by atoms with Gasteiger partial charge in [0.25, 0.3) is 5.91 Å². The predicted octanol–water partition coefficient (Wildman–Crippen LogP) is 5.11. The fraction of sp³-hybridized carbons (Fsp3) is 0.0952. The molecule has 0 aliphatic carbocycles. The van der Waals surface area contributed by atoms with Crippen molar-refractivity contribution in [1.82, 2.24) is 9.97 Å². The summed E-state index contributed by atoms with van der Waals surface area (Å²) in [6, 6.07) is 14.1. The van der Waals surface area contributed by atoms with E-state index in [9.17, 15) is 4.79 Å². The van der Waals surface area contributed by atoms with Gasteiger partial charge in [-0.1, -0.05) is 11.6 Å². The highest BCUT2D eigenvalue weighted by Gasteiger charge is 2.13. The SMILES string of the molecule is COc1ccc(C(=O)Nc2ccc(-c3nc4ncccc4o3)cc2C)cc1Cl. The van der Waals surface area contributed by atoms with Crippen LogP contribution in [0.5, 0.6) is 5.75 Å². The van der Waals surface area contributed by atoms with E-state index in [1.807, 2.05) is 31.2 Å². The second kappa shape index (κ2) is 7.32. The van der Waals surface area contributed by atoms with Crippen LogP contribution in [0.2, 0.25) is 5.02 Å². The summed E-state index contributed by atoms with van der Waals surface area (Å²) in [6.45, 7) is 1.90. The summed E-state index contributed by atoms with van der Waals surface area (Å²) in [7, 11) is 1.53. The summed E-state index contributed by atoms with van der Waals surface area (Å²) in [5.74, 6) is 0.745. The lowest BCUT2D eigenvalue weighted by Crippen LogP contribution is -2.12. The maximum atomic E-state index is 12.5. The van der Waals surface area contributed by atoms with Crippen LogP contribution in [-0.2, 0) is 0 Å². The first-order chi connectivity index (χ1) is 13.5. The number of methoxy groups -OCH3 is 1. The highest BCUT2D eigenvalue weighted by atomic mass is 35.5. The van der Waals surface area contributed by atoms with Gasteiger partial charge in [-0.05, 0) is 61.0 Å². The van der Waals surface area contributed by atoms with Crippen molar-refractivity contribution in [3.63, 3.8) is 0 Å².